The van der Waals surface area contributed by atoms with Gasteiger partial charge in [0.05, 0.1) is 18.2 Å². The molecular weight excluding hydrogens is 242 g/mol. The second kappa shape index (κ2) is 4.14. The van der Waals surface area contributed by atoms with Gasteiger partial charge in [0.15, 0.2) is 5.58 Å². The first-order valence-corrected chi connectivity index (χ1v) is 5.20. The fraction of sp³-hybridized carbons (Fsp3) is 0.182. The van der Waals surface area contributed by atoms with Crippen molar-refractivity contribution in [1.29, 1.82) is 0 Å². The molecule has 2 aromatic rings. The maximum absolute atomic E-state index is 11.4. The van der Waals surface area contributed by atoms with Crippen molar-refractivity contribution in [1.82, 2.24) is 4.57 Å². The summed E-state index contributed by atoms with van der Waals surface area (Å²) in [5.41, 5.74) is 1.26. The monoisotopic (exact) mass is 251 g/mol. The minimum absolute atomic E-state index is 0.0644. The number of aromatic nitrogens is 1. The van der Waals surface area contributed by atoms with Crippen LogP contribution in [0.25, 0.3) is 11.1 Å². The number of fused-ring (bicyclic) bond motifs is 1. The van der Waals surface area contributed by atoms with Gasteiger partial charge in [0.2, 0.25) is 5.91 Å². The molecule has 88 valence electrons. The molecule has 0 unspecified atom stereocenters. The summed E-state index contributed by atoms with van der Waals surface area (Å²) in [7, 11) is 1.29. The van der Waals surface area contributed by atoms with Gasteiger partial charge < -0.3 is 9.15 Å². The Morgan fingerprint density at radius 2 is 2.12 bits per heavy atom. The number of carbonyl (C=O) groups excluding carboxylic acids is 2. The van der Waals surface area contributed by atoms with Gasteiger partial charge in [0, 0.05) is 6.92 Å². The molecule has 0 saturated carbocycles. The number of benzene rings is 1. The Bertz CT molecular complexity index is 668. The smallest absolute Gasteiger partial charge is 0.337 e. The molecule has 0 bridgehead atoms. The second-order valence-corrected chi connectivity index (χ2v) is 3.75. The van der Waals surface area contributed by atoms with Gasteiger partial charge in [-0.15, -0.1) is 0 Å². The third kappa shape index (κ3) is 1.87. The summed E-state index contributed by atoms with van der Waals surface area (Å²) < 4.78 is 11.1. The van der Waals surface area contributed by atoms with Crippen molar-refractivity contribution in [2.45, 2.75) is 6.92 Å². The minimum atomic E-state index is -0.478. The molecule has 17 heavy (non-hydrogen) atoms. The molecule has 0 spiro atoms. The van der Waals surface area contributed by atoms with E-state index in [9.17, 15) is 9.59 Å². The SMILES string of the molecule is COC(=O)c1ccc2oc(=S)n(C(C)=O)c2c1. The summed E-state index contributed by atoms with van der Waals surface area (Å²) in [6, 6.07) is 4.65. The lowest BCUT2D eigenvalue weighted by Gasteiger charge is -2.00. The van der Waals surface area contributed by atoms with Crippen molar-refractivity contribution in [3.63, 3.8) is 0 Å². The number of nitrogens with zero attached hydrogens (tertiary/aromatic N) is 1. The zero-order valence-corrected chi connectivity index (χ0v) is 10.0. The fourth-order valence-electron chi connectivity index (χ4n) is 1.56. The van der Waals surface area contributed by atoms with E-state index < -0.39 is 5.97 Å². The summed E-state index contributed by atoms with van der Waals surface area (Å²) in [5, 5.41) is 0. The van der Waals surface area contributed by atoms with Gasteiger partial charge in [-0.05, 0) is 30.4 Å². The van der Waals surface area contributed by atoms with Crippen LogP contribution in [0.5, 0.6) is 0 Å². The molecule has 1 heterocycles. The molecule has 0 amide bonds. The molecule has 0 radical (unpaired) electrons. The average Bonchev–Trinajstić information content (AvgIpc) is 2.62. The predicted molar refractivity (Wildman–Crippen MR) is 62.7 cm³/mol. The first kappa shape index (κ1) is 11.5. The topological polar surface area (TPSA) is 61.4 Å². The van der Waals surface area contributed by atoms with Crippen LogP contribution in [0.3, 0.4) is 0 Å². The molecule has 5 nitrogen and oxygen atoms in total. The van der Waals surface area contributed by atoms with Crippen molar-refractivity contribution in [3.05, 3.63) is 28.6 Å². The molecule has 0 saturated heterocycles. The van der Waals surface area contributed by atoms with Crippen LogP contribution < -0.4 is 0 Å². The van der Waals surface area contributed by atoms with E-state index in [0.717, 1.165) is 0 Å². The Labute approximate surface area is 102 Å². The minimum Gasteiger partial charge on any atom is -0.465 e. The normalized spacial score (nSPS) is 10.5. The summed E-state index contributed by atoms with van der Waals surface area (Å²) in [4.78, 5) is 22.8. The van der Waals surface area contributed by atoms with Gasteiger partial charge in [-0.1, -0.05) is 0 Å². The van der Waals surface area contributed by atoms with Crippen molar-refractivity contribution >= 4 is 35.2 Å². The first-order chi connectivity index (χ1) is 8.04. The number of rotatable bonds is 1. The highest BCUT2D eigenvalue weighted by Crippen LogP contribution is 2.19. The molecule has 6 heteroatoms. The Balaban J connectivity index is 2.75. The van der Waals surface area contributed by atoms with Crippen molar-refractivity contribution in [2.75, 3.05) is 7.11 Å². The summed E-state index contributed by atoms with van der Waals surface area (Å²) in [6.45, 7) is 1.37. The lowest BCUT2D eigenvalue weighted by molar-refractivity contribution is 0.0600. The highest BCUT2D eigenvalue weighted by atomic mass is 32.1. The van der Waals surface area contributed by atoms with Gasteiger partial charge in [-0.3, -0.25) is 4.79 Å². The molecule has 0 atom stereocenters. The van der Waals surface area contributed by atoms with E-state index in [4.69, 9.17) is 16.6 Å². The van der Waals surface area contributed by atoms with E-state index in [0.29, 0.717) is 16.7 Å². The zero-order valence-electron chi connectivity index (χ0n) is 9.22. The van der Waals surface area contributed by atoms with E-state index in [1.54, 1.807) is 12.1 Å². The van der Waals surface area contributed by atoms with Crippen LogP contribution in [0.1, 0.15) is 22.1 Å². The molecule has 1 aromatic carbocycles. The van der Waals surface area contributed by atoms with Crippen LogP contribution in [0.15, 0.2) is 22.6 Å². The highest BCUT2D eigenvalue weighted by Gasteiger charge is 2.13. The number of methoxy groups -OCH3 is 1. The molecule has 0 N–H and O–H groups in total. The maximum atomic E-state index is 11.4. The average molecular weight is 251 g/mol. The Hall–Kier alpha value is -1.95. The highest BCUT2D eigenvalue weighted by molar-refractivity contribution is 7.71. The van der Waals surface area contributed by atoms with Crippen LogP contribution in [0.4, 0.5) is 0 Å². The van der Waals surface area contributed by atoms with E-state index in [1.165, 1.54) is 24.7 Å². The lowest BCUT2D eigenvalue weighted by atomic mass is 10.2. The van der Waals surface area contributed by atoms with Crippen molar-refractivity contribution < 1.29 is 18.7 Å². The van der Waals surface area contributed by atoms with Gasteiger partial charge in [-0.2, -0.15) is 0 Å². The standard InChI is InChI=1S/C11H9NO4S/c1-6(13)12-8-5-7(10(14)15-2)3-4-9(8)16-11(12)17/h3-5H,1-2H3. The zero-order chi connectivity index (χ0) is 12.6. The number of hydrogen-bond acceptors (Lipinski definition) is 5. The molecule has 1 aromatic heterocycles. The van der Waals surface area contributed by atoms with Gasteiger partial charge in [-0.25, -0.2) is 9.36 Å². The van der Waals surface area contributed by atoms with E-state index in [1.807, 2.05) is 0 Å². The number of oxazole rings is 1. The lowest BCUT2D eigenvalue weighted by Crippen LogP contribution is -2.06. The first-order valence-electron chi connectivity index (χ1n) is 4.79. The summed E-state index contributed by atoms with van der Waals surface area (Å²) in [5.74, 6) is -0.745. The Morgan fingerprint density at radius 3 is 2.71 bits per heavy atom. The third-order valence-electron chi connectivity index (χ3n) is 2.32. The third-order valence-corrected chi connectivity index (χ3v) is 2.58. The van der Waals surface area contributed by atoms with Crippen LogP contribution in [-0.2, 0) is 4.74 Å². The number of hydrogen-bond donors (Lipinski definition) is 0. The van der Waals surface area contributed by atoms with Crippen molar-refractivity contribution in [3.8, 4) is 0 Å². The number of esters is 1. The van der Waals surface area contributed by atoms with Gasteiger partial charge >= 0.3 is 5.97 Å². The molecule has 0 aliphatic heterocycles. The van der Waals surface area contributed by atoms with Crippen molar-refractivity contribution in [2.24, 2.45) is 0 Å². The van der Waals surface area contributed by atoms with Crippen LogP contribution in [-0.4, -0.2) is 23.6 Å². The van der Waals surface area contributed by atoms with E-state index in [-0.39, 0.29) is 10.7 Å². The number of ether oxygens (including phenoxy) is 1. The summed E-state index contributed by atoms with van der Waals surface area (Å²) >= 11 is 4.93. The molecule has 0 aliphatic rings. The largest absolute Gasteiger partial charge is 0.465 e. The van der Waals surface area contributed by atoms with Crippen LogP contribution in [0, 0.1) is 4.84 Å². The molecule has 0 fully saturated rings. The van der Waals surface area contributed by atoms with E-state index in [2.05, 4.69) is 4.74 Å². The van der Waals surface area contributed by atoms with Gasteiger partial charge in [0.1, 0.15) is 0 Å². The van der Waals surface area contributed by atoms with Crippen LogP contribution >= 0.6 is 12.2 Å². The predicted octanol–water partition coefficient (Wildman–Crippen LogP) is 2.41. The quantitative estimate of drug-likeness (QED) is 0.575. The molecular formula is C11H9NO4S. The van der Waals surface area contributed by atoms with Crippen LogP contribution in [0.2, 0.25) is 0 Å². The second-order valence-electron chi connectivity index (χ2n) is 3.40. The van der Waals surface area contributed by atoms with E-state index >= 15 is 0 Å². The maximum Gasteiger partial charge on any atom is 0.337 e. The Morgan fingerprint density at radius 1 is 1.41 bits per heavy atom. The van der Waals surface area contributed by atoms with Gasteiger partial charge in [0.25, 0.3) is 4.84 Å². The fourth-order valence-corrected chi connectivity index (χ4v) is 1.88. The molecule has 0 aliphatic carbocycles. The molecule has 2 rings (SSSR count). The number of carbonyl (C=O) groups is 2. The summed E-state index contributed by atoms with van der Waals surface area (Å²) in [6.07, 6.45) is 0. The Kier molecular flexibility index (Phi) is 2.81.